The Morgan fingerprint density at radius 1 is 1.06 bits per heavy atom. The van der Waals surface area contributed by atoms with Crippen molar-refractivity contribution in [2.24, 2.45) is 0 Å². The van der Waals surface area contributed by atoms with Gasteiger partial charge in [0.25, 0.3) is 0 Å². The van der Waals surface area contributed by atoms with Gasteiger partial charge in [-0.1, -0.05) is 12.8 Å². The van der Waals surface area contributed by atoms with E-state index in [1.54, 1.807) is 0 Å². The lowest BCUT2D eigenvalue weighted by Crippen LogP contribution is -2.40. The molecule has 0 aromatic carbocycles. The molecule has 1 heterocycles. The van der Waals surface area contributed by atoms with Crippen molar-refractivity contribution in [3.8, 4) is 0 Å². The Hall–Kier alpha value is -1.10. The topological polar surface area (TPSA) is 61.4 Å². The Kier molecular flexibility index (Phi) is 6.62. The monoisotopic (exact) mass is 241 g/mol. The van der Waals surface area contributed by atoms with E-state index in [1.165, 1.54) is 19.8 Å². The zero-order valence-electron chi connectivity index (χ0n) is 10.6. The molecule has 0 aliphatic carbocycles. The molecule has 0 saturated carbocycles. The summed E-state index contributed by atoms with van der Waals surface area (Å²) in [5, 5.41) is 5.73. The largest absolute Gasteiger partial charge is 0.355 e. The maximum atomic E-state index is 11.8. The van der Waals surface area contributed by atoms with E-state index in [-0.39, 0.29) is 11.8 Å². The fraction of sp³-hybridized carbons (Fsp3) is 0.833. The maximum Gasteiger partial charge on any atom is 0.236 e. The van der Waals surface area contributed by atoms with Gasteiger partial charge < -0.3 is 15.5 Å². The summed E-state index contributed by atoms with van der Waals surface area (Å²) in [4.78, 5) is 24.4. The molecule has 1 aliphatic heterocycles. The molecule has 5 heteroatoms. The minimum atomic E-state index is -0.0364. The van der Waals surface area contributed by atoms with Crippen molar-refractivity contribution in [1.29, 1.82) is 0 Å². The fourth-order valence-corrected chi connectivity index (χ4v) is 1.95. The summed E-state index contributed by atoms with van der Waals surface area (Å²) >= 11 is 0. The van der Waals surface area contributed by atoms with Crippen LogP contribution in [0.5, 0.6) is 0 Å². The highest BCUT2D eigenvalue weighted by atomic mass is 16.2. The van der Waals surface area contributed by atoms with Gasteiger partial charge in [0.1, 0.15) is 0 Å². The van der Waals surface area contributed by atoms with E-state index in [0.717, 1.165) is 25.9 Å². The van der Waals surface area contributed by atoms with Gasteiger partial charge in [-0.3, -0.25) is 9.59 Å². The smallest absolute Gasteiger partial charge is 0.236 e. The number of hydrogen-bond acceptors (Lipinski definition) is 3. The average Bonchev–Trinajstić information content (AvgIpc) is 2.56. The molecular formula is C12H23N3O2. The van der Waals surface area contributed by atoms with Crippen LogP contribution in [0.3, 0.4) is 0 Å². The molecular weight excluding hydrogens is 218 g/mol. The SMILES string of the molecule is CC(=O)NCCNCC(=O)N1CCCCCC1. The van der Waals surface area contributed by atoms with Crippen molar-refractivity contribution in [2.45, 2.75) is 32.6 Å². The standard InChI is InChI=1S/C12H23N3O2/c1-11(16)14-7-6-13-10-12(17)15-8-4-2-3-5-9-15/h13H,2-10H2,1H3,(H,14,16). The van der Waals surface area contributed by atoms with Gasteiger partial charge in [0.05, 0.1) is 6.54 Å². The highest BCUT2D eigenvalue weighted by Crippen LogP contribution is 2.09. The van der Waals surface area contributed by atoms with Crippen molar-refractivity contribution in [3.63, 3.8) is 0 Å². The Morgan fingerprint density at radius 2 is 1.71 bits per heavy atom. The van der Waals surface area contributed by atoms with E-state index in [4.69, 9.17) is 0 Å². The van der Waals surface area contributed by atoms with E-state index in [9.17, 15) is 9.59 Å². The molecule has 0 atom stereocenters. The Morgan fingerprint density at radius 3 is 2.29 bits per heavy atom. The molecule has 0 radical (unpaired) electrons. The van der Waals surface area contributed by atoms with Gasteiger partial charge in [-0.05, 0) is 12.8 Å². The lowest BCUT2D eigenvalue weighted by Gasteiger charge is -2.20. The van der Waals surface area contributed by atoms with Crippen LogP contribution in [0.2, 0.25) is 0 Å². The third-order valence-corrected chi connectivity index (χ3v) is 2.91. The fourth-order valence-electron chi connectivity index (χ4n) is 1.95. The molecule has 0 bridgehead atoms. The lowest BCUT2D eigenvalue weighted by molar-refractivity contribution is -0.130. The Labute approximate surface area is 103 Å². The summed E-state index contributed by atoms with van der Waals surface area (Å²) < 4.78 is 0. The third kappa shape index (κ3) is 6.26. The molecule has 2 amide bonds. The highest BCUT2D eigenvalue weighted by molar-refractivity contribution is 5.78. The number of hydrogen-bond donors (Lipinski definition) is 2. The van der Waals surface area contributed by atoms with Gasteiger partial charge in [0, 0.05) is 33.1 Å². The van der Waals surface area contributed by atoms with Gasteiger partial charge in [-0.25, -0.2) is 0 Å². The normalized spacial score (nSPS) is 16.4. The molecule has 0 spiro atoms. The summed E-state index contributed by atoms with van der Waals surface area (Å²) in [5.41, 5.74) is 0. The second-order valence-electron chi connectivity index (χ2n) is 4.45. The number of carbonyl (C=O) groups excluding carboxylic acids is 2. The summed E-state index contributed by atoms with van der Waals surface area (Å²) in [5.74, 6) is 0.139. The summed E-state index contributed by atoms with van der Waals surface area (Å²) in [7, 11) is 0. The predicted molar refractivity (Wildman–Crippen MR) is 66.6 cm³/mol. The van der Waals surface area contributed by atoms with Crippen LogP contribution in [-0.4, -0.2) is 49.4 Å². The van der Waals surface area contributed by atoms with E-state index in [1.807, 2.05) is 4.90 Å². The average molecular weight is 241 g/mol. The van der Waals surface area contributed by atoms with Crippen molar-refractivity contribution in [3.05, 3.63) is 0 Å². The molecule has 1 saturated heterocycles. The van der Waals surface area contributed by atoms with Crippen LogP contribution in [0.4, 0.5) is 0 Å². The zero-order chi connectivity index (χ0) is 12.5. The second-order valence-corrected chi connectivity index (χ2v) is 4.45. The molecule has 17 heavy (non-hydrogen) atoms. The molecule has 2 N–H and O–H groups in total. The number of carbonyl (C=O) groups is 2. The quantitative estimate of drug-likeness (QED) is 0.672. The molecule has 1 aliphatic rings. The van der Waals surface area contributed by atoms with Crippen LogP contribution in [0.25, 0.3) is 0 Å². The first-order valence-corrected chi connectivity index (χ1v) is 6.43. The Bertz CT molecular complexity index is 248. The van der Waals surface area contributed by atoms with Crippen molar-refractivity contribution >= 4 is 11.8 Å². The second kappa shape index (κ2) is 8.06. The van der Waals surface area contributed by atoms with E-state index >= 15 is 0 Å². The maximum absolute atomic E-state index is 11.8. The van der Waals surface area contributed by atoms with E-state index in [0.29, 0.717) is 19.6 Å². The minimum Gasteiger partial charge on any atom is -0.355 e. The molecule has 5 nitrogen and oxygen atoms in total. The molecule has 0 aromatic rings. The van der Waals surface area contributed by atoms with Crippen LogP contribution >= 0.6 is 0 Å². The van der Waals surface area contributed by atoms with E-state index < -0.39 is 0 Å². The molecule has 0 unspecified atom stereocenters. The van der Waals surface area contributed by atoms with Crippen LogP contribution in [0.1, 0.15) is 32.6 Å². The predicted octanol–water partition coefficient (Wildman–Crippen LogP) is 0.115. The number of likely N-dealkylation sites (tertiary alicyclic amines) is 1. The Balaban J connectivity index is 2.09. The lowest BCUT2D eigenvalue weighted by atomic mass is 10.2. The van der Waals surface area contributed by atoms with Crippen LogP contribution in [-0.2, 0) is 9.59 Å². The number of nitrogens with one attached hydrogen (secondary N) is 2. The number of nitrogens with zero attached hydrogens (tertiary/aromatic N) is 1. The summed E-state index contributed by atoms with van der Waals surface area (Å²) in [6, 6.07) is 0. The van der Waals surface area contributed by atoms with E-state index in [2.05, 4.69) is 10.6 Å². The van der Waals surface area contributed by atoms with Crippen LogP contribution in [0, 0.1) is 0 Å². The van der Waals surface area contributed by atoms with Crippen molar-refractivity contribution in [1.82, 2.24) is 15.5 Å². The van der Waals surface area contributed by atoms with Gasteiger partial charge >= 0.3 is 0 Å². The zero-order valence-corrected chi connectivity index (χ0v) is 10.6. The van der Waals surface area contributed by atoms with Crippen LogP contribution in [0.15, 0.2) is 0 Å². The molecule has 1 fully saturated rings. The summed E-state index contributed by atoms with van der Waals surface area (Å²) in [6.45, 7) is 4.86. The first-order valence-electron chi connectivity index (χ1n) is 6.43. The van der Waals surface area contributed by atoms with Gasteiger partial charge in [0.2, 0.25) is 11.8 Å². The highest BCUT2D eigenvalue weighted by Gasteiger charge is 2.14. The van der Waals surface area contributed by atoms with Gasteiger partial charge in [0.15, 0.2) is 0 Å². The first-order chi connectivity index (χ1) is 8.20. The third-order valence-electron chi connectivity index (χ3n) is 2.91. The van der Waals surface area contributed by atoms with Crippen molar-refractivity contribution in [2.75, 3.05) is 32.7 Å². The summed E-state index contributed by atoms with van der Waals surface area (Å²) in [6.07, 6.45) is 4.72. The first kappa shape index (κ1) is 14.0. The van der Waals surface area contributed by atoms with Crippen molar-refractivity contribution < 1.29 is 9.59 Å². The molecule has 0 aromatic heterocycles. The molecule has 1 rings (SSSR count). The molecule has 98 valence electrons. The van der Waals surface area contributed by atoms with Gasteiger partial charge in [-0.2, -0.15) is 0 Å². The number of amides is 2. The van der Waals surface area contributed by atoms with Crippen LogP contribution < -0.4 is 10.6 Å². The minimum absolute atomic E-state index is 0.0364. The van der Waals surface area contributed by atoms with Gasteiger partial charge in [-0.15, -0.1) is 0 Å². The number of rotatable bonds is 5.